The van der Waals surface area contributed by atoms with Gasteiger partial charge in [0.05, 0.1) is 12.1 Å². The minimum absolute atomic E-state index is 0.0149. The molecule has 2 heterocycles. The summed E-state index contributed by atoms with van der Waals surface area (Å²) < 4.78 is 0. The van der Waals surface area contributed by atoms with Crippen LogP contribution in [0, 0.1) is 18.8 Å². The van der Waals surface area contributed by atoms with Crippen molar-refractivity contribution in [1.29, 1.82) is 0 Å². The fourth-order valence-electron chi connectivity index (χ4n) is 2.29. The molecule has 3 N–H and O–H groups in total. The zero-order valence-corrected chi connectivity index (χ0v) is 11.0. The molecule has 2 amide bonds. The van der Waals surface area contributed by atoms with Crippen LogP contribution in [-0.2, 0) is 11.3 Å². The first-order valence-electron chi connectivity index (χ1n) is 6.23. The minimum atomic E-state index is -0.839. The number of H-pyrrole nitrogens is 1. The number of carboxylic acid groups (broad SMARTS) is 1. The van der Waals surface area contributed by atoms with Gasteiger partial charge in [0.1, 0.15) is 0 Å². The smallest absolute Gasteiger partial charge is 0.317 e. The van der Waals surface area contributed by atoms with Crippen LogP contribution in [0.5, 0.6) is 0 Å². The Morgan fingerprint density at radius 3 is 2.84 bits per heavy atom. The lowest BCUT2D eigenvalue weighted by atomic mass is 9.99. The zero-order valence-electron chi connectivity index (χ0n) is 11.0. The number of aliphatic carboxylic acids is 1. The van der Waals surface area contributed by atoms with E-state index in [-0.39, 0.29) is 18.5 Å². The molecule has 1 fully saturated rings. The Balaban J connectivity index is 1.88. The highest BCUT2D eigenvalue weighted by molar-refractivity contribution is 5.77. The molecule has 0 aromatic carbocycles. The van der Waals surface area contributed by atoms with E-state index in [0.717, 1.165) is 11.3 Å². The molecule has 2 rings (SSSR count). The number of carbonyl (C=O) groups excluding carboxylic acids is 1. The molecule has 1 aliphatic rings. The molecule has 104 valence electrons. The molecule has 0 bridgehead atoms. The monoisotopic (exact) mass is 266 g/mol. The lowest BCUT2D eigenvalue weighted by Gasteiger charge is -2.16. The second-order valence-electron chi connectivity index (χ2n) is 5.01. The van der Waals surface area contributed by atoms with Crippen LogP contribution < -0.4 is 5.32 Å². The Hall–Kier alpha value is -2.05. The Kier molecular flexibility index (Phi) is 3.73. The van der Waals surface area contributed by atoms with E-state index in [9.17, 15) is 9.59 Å². The van der Waals surface area contributed by atoms with Crippen molar-refractivity contribution in [3.63, 3.8) is 0 Å². The topological polar surface area (TPSA) is 98.3 Å². The maximum Gasteiger partial charge on any atom is 0.317 e. The molecule has 7 heteroatoms. The van der Waals surface area contributed by atoms with Crippen LogP contribution in [0.1, 0.15) is 18.2 Å². The summed E-state index contributed by atoms with van der Waals surface area (Å²) in [5, 5.41) is 18.5. The van der Waals surface area contributed by atoms with E-state index >= 15 is 0 Å². The van der Waals surface area contributed by atoms with Crippen molar-refractivity contribution in [1.82, 2.24) is 20.4 Å². The Bertz CT molecular complexity index is 485. The molecule has 1 aromatic rings. The summed E-state index contributed by atoms with van der Waals surface area (Å²) >= 11 is 0. The van der Waals surface area contributed by atoms with Crippen molar-refractivity contribution in [2.45, 2.75) is 20.4 Å². The first-order valence-corrected chi connectivity index (χ1v) is 6.23. The molecular formula is C12H18N4O3. The van der Waals surface area contributed by atoms with Crippen molar-refractivity contribution in [2.75, 3.05) is 13.1 Å². The lowest BCUT2D eigenvalue weighted by molar-refractivity contribution is -0.142. The molecule has 0 radical (unpaired) electrons. The molecule has 1 aromatic heterocycles. The number of amides is 2. The highest BCUT2D eigenvalue weighted by atomic mass is 16.4. The van der Waals surface area contributed by atoms with E-state index in [0.29, 0.717) is 13.1 Å². The number of likely N-dealkylation sites (tertiary alicyclic amines) is 1. The lowest BCUT2D eigenvalue weighted by Crippen LogP contribution is -2.38. The van der Waals surface area contributed by atoms with Crippen molar-refractivity contribution in [3.8, 4) is 0 Å². The van der Waals surface area contributed by atoms with Crippen molar-refractivity contribution in [2.24, 2.45) is 11.8 Å². The predicted molar refractivity (Wildman–Crippen MR) is 67.4 cm³/mol. The van der Waals surface area contributed by atoms with Gasteiger partial charge in [0.15, 0.2) is 0 Å². The normalized spacial score (nSPS) is 22.5. The third-order valence-electron chi connectivity index (χ3n) is 3.58. The van der Waals surface area contributed by atoms with Gasteiger partial charge >= 0.3 is 12.0 Å². The number of nitrogens with zero attached hydrogens (tertiary/aromatic N) is 2. The number of nitrogens with one attached hydrogen (secondary N) is 2. The standard InChI is InChI=1S/C12H18N4O3/c1-7-5-16(6-10(7)11(17)18)12(19)13-3-9-4-14-15-8(9)2/h4,7,10H,3,5-6H2,1-2H3,(H,13,19)(H,14,15)(H,17,18). The molecular weight excluding hydrogens is 248 g/mol. The molecule has 19 heavy (non-hydrogen) atoms. The van der Waals surface area contributed by atoms with Gasteiger partial charge in [-0.05, 0) is 12.8 Å². The van der Waals surface area contributed by atoms with Gasteiger partial charge in [-0.15, -0.1) is 0 Å². The van der Waals surface area contributed by atoms with Crippen LogP contribution in [0.25, 0.3) is 0 Å². The van der Waals surface area contributed by atoms with Gasteiger partial charge in [-0.2, -0.15) is 5.10 Å². The van der Waals surface area contributed by atoms with Crippen molar-refractivity contribution < 1.29 is 14.7 Å². The van der Waals surface area contributed by atoms with Gasteiger partial charge in [0, 0.05) is 30.9 Å². The quantitative estimate of drug-likeness (QED) is 0.745. The summed E-state index contributed by atoms with van der Waals surface area (Å²) in [6.07, 6.45) is 1.67. The number of aryl methyl sites for hydroxylation is 1. The number of hydrogen-bond donors (Lipinski definition) is 3. The van der Waals surface area contributed by atoms with E-state index in [1.807, 2.05) is 13.8 Å². The molecule has 0 aliphatic carbocycles. The van der Waals surface area contributed by atoms with Gasteiger partial charge in [-0.3, -0.25) is 9.89 Å². The van der Waals surface area contributed by atoms with E-state index in [4.69, 9.17) is 5.11 Å². The van der Waals surface area contributed by atoms with Crippen molar-refractivity contribution in [3.05, 3.63) is 17.5 Å². The third-order valence-corrected chi connectivity index (χ3v) is 3.58. The summed E-state index contributed by atoms with van der Waals surface area (Å²) in [5.74, 6) is -1.33. The Labute approximate surface area is 111 Å². The number of aromatic nitrogens is 2. The van der Waals surface area contributed by atoms with E-state index in [1.54, 1.807) is 11.1 Å². The maximum atomic E-state index is 12.0. The molecule has 2 atom stereocenters. The zero-order chi connectivity index (χ0) is 14.0. The number of aromatic amines is 1. The maximum absolute atomic E-state index is 12.0. The van der Waals surface area contributed by atoms with Crippen LogP contribution in [0.3, 0.4) is 0 Å². The molecule has 2 unspecified atom stereocenters. The third kappa shape index (κ3) is 2.86. The predicted octanol–water partition coefficient (Wildman–Crippen LogP) is 0.580. The van der Waals surface area contributed by atoms with E-state index in [1.165, 1.54) is 0 Å². The van der Waals surface area contributed by atoms with Crippen LogP contribution in [0.2, 0.25) is 0 Å². The fourth-order valence-corrected chi connectivity index (χ4v) is 2.29. The van der Waals surface area contributed by atoms with Crippen LogP contribution >= 0.6 is 0 Å². The second-order valence-corrected chi connectivity index (χ2v) is 5.01. The van der Waals surface area contributed by atoms with Crippen LogP contribution in [0.4, 0.5) is 4.79 Å². The van der Waals surface area contributed by atoms with Gasteiger partial charge in [-0.1, -0.05) is 6.92 Å². The summed E-state index contributed by atoms with van der Waals surface area (Å²) in [7, 11) is 0. The summed E-state index contributed by atoms with van der Waals surface area (Å²) in [6.45, 7) is 4.88. The second kappa shape index (κ2) is 5.29. The average Bonchev–Trinajstić information content (AvgIpc) is 2.92. The van der Waals surface area contributed by atoms with Gasteiger partial charge in [0.2, 0.25) is 0 Å². The molecule has 0 spiro atoms. The molecule has 7 nitrogen and oxygen atoms in total. The average molecular weight is 266 g/mol. The number of carbonyl (C=O) groups is 2. The fraction of sp³-hybridized carbons (Fsp3) is 0.583. The summed E-state index contributed by atoms with van der Waals surface area (Å²) in [6, 6.07) is -0.226. The number of carboxylic acids is 1. The summed E-state index contributed by atoms with van der Waals surface area (Å²) in [5.41, 5.74) is 1.84. The number of rotatable bonds is 3. The van der Waals surface area contributed by atoms with Gasteiger partial charge in [0.25, 0.3) is 0 Å². The largest absolute Gasteiger partial charge is 0.481 e. The highest BCUT2D eigenvalue weighted by Crippen LogP contribution is 2.23. The SMILES string of the molecule is Cc1[nH]ncc1CNC(=O)N1CC(C)C(C(=O)O)C1. The van der Waals surface area contributed by atoms with E-state index < -0.39 is 11.9 Å². The van der Waals surface area contributed by atoms with Gasteiger partial charge in [-0.25, -0.2) is 4.79 Å². The number of hydrogen-bond acceptors (Lipinski definition) is 3. The van der Waals surface area contributed by atoms with Crippen LogP contribution in [-0.4, -0.2) is 45.3 Å². The summed E-state index contributed by atoms with van der Waals surface area (Å²) in [4.78, 5) is 24.5. The van der Waals surface area contributed by atoms with Crippen molar-refractivity contribution >= 4 is 12.0 Å². The molecule has 0 saturated carbocycles. The first kappa shape index (κ1) is 13.4. The van der Waals surface area contributed by atoms with E-state index in [2.05, 4.69) is 15.5 Å². The molecule has 1 aliphatic heterocycles. The van der Waals surface area contributed by atoms with Crippen LogP contribution in [0.15, 0.2) is 6.20 Å². The first-order chi connectivity index (χ1) is 8.99. The Morgan fingerprint density at radius 1 is 1.58 bits per heavy atom. The highest BCUT2D eigenvalue weighted by Gasteiger charge is 2.36. The minimum Gasteiger partial charge on any atom is -0.481 e. The van der Waals surface area contributed by atoms with Gasteiger partial charge < -0.3 is 15.3 Å². The molecule has 1 saturated heterocycles. The Morgan fingerprint density at radius 2 is 2.32 bits per heavy atom. The number of urea groups is 1.